The van der Waals surface area contributed by atoms with Gasteiger partial charge in [0.1, 0.15) is 12.4 Å². The Balaban J connectivity index is 1.98. The van der Waals surface area contributed by atoms with E-state index in [0.29, 0.717) is 12.6 Å². The van der Waals surface area contributed by atoms with Crippen LogP contribution in [0.1, 0.15) is 48.9 Å². The fraction of sp³-hybridized carbons (Fsp3) is 0.471. The first kappa shape index (κ1) is 15.6. The molecule has 1 aromatic heterocycles. The SMILES string of the molecule is CCCNC(C)c1ccc(OCc2cc(C)no2)c(C)c1. The first-order valence-electron chi connectivity index (χ1n) is 7.49. The zero-order valence-corrected chi connectivity index (χ0v) is 13.3. The van der Waals surface area contributed by atoms with Gasteiger partial charge in [0.25, 0.3) is 0 Å². The molecule has 21 heavy (non-hydrogen) atoms. The summed E-state index contributed by atoms with van der Waals surface area (Å²) in [5.41, 5.74) is 3.29. The van der Waals surface area contributed by atoms with Crippen molar-refractivity contribution in [2.24, 2.45) is 0 Å². The van der Waals surface area contributed by atoms with Crippen molar-refractivity contribution in [2.45, 2.75) is 46.8 Å². The van der Waals surface area contributed by atoms with Crippen LogP contribution < -0.4 is 10.1 Å². The minimum absolute atomic E-state index is 0.356. The predicted octanol–water partition coefficient (Wildman–Crippen LogP) is 3.93. The Hall–Kier alpha value is -1.81. The first-order chi connectivity index (χ1) is 10.1. The molecule has 2 aromatic rings. The van der Waals surface area contributed by atoms with Gasteiger partial charge in [-0.05, 0) is 50.9 Å². The molecule has 0 fully saturated rings. The molecular formula is C17H24N2O2. The van der Waals surface area contributed by atoms with Crippen LogP contribution in [0.4, 0.5) is 0 Å². The van der Waals surface area contributed by atoms with Gasteiger partial charge in [-0.1, -0.05) is 24.2 Å². The van der Waals surface area contributed by atoms with Gasteiger partial charge in [0.05, 0.1) is 5.69 Å². The number of rotatable bonds is 7. The Morgan fingerprint density at radius 1 is 1.29 bits per heavy atom. The maximum atomic E-state index is 5.80. The maximum Gasteiger partial charge on any atom is 0.174 e. The minimum Gasteiger partial charge on any atom is -0.485 e. The number of benzene rings is 1. The molecule has 1 heterocycles. The summed E-state index contributed by atoms with van der Waals surface area (Å²) in [7, 11) is 0. The van der Waals surface area contributed by atoms with E-state index in [0.717, 1.165) is 35.7 Å². The van der Waals surface area contributed by atoms with Crippen LogP contribution in [-0.4, -0.2) is 11.7 Å². The van der Waals surface area contributed by atoms with E-state index in [4.69, 9.17) is 9.26 Å². The van der Waals surface area contributed by atoms with Gasteiger partial charge >= 0.3 is 0 Å². The van der Waals surface area contributed by atoms with Gasteiger partial charge in [-0.15, -0.1) is 0 Å². The van der Waals surface area contributed by atoms with Gasteiger partial charge in [-0.2, -0.15) is 0 Å². The Morgan fingerprint density at radius 3 is 2.71 bits per heavy atom. The lowest BCUT2D eigenvalue weighted by molar-refractivity contribution is 0.247. The molecular weight excluding hydrogens is 264 g/mol. The van der Waals surface area contributed by atoms with E-state index < -0.39 is 0 Å². The summed E-state index contributed by atoms with van der Waals surface area (Å²) in [5.74, 6) is 1.63. The zero-order valence-electron chi connectivity index (χ0n) is 13.3. The van der Waals surface area contributed by atoms with Crippen LogP contribution in [0.2, 0.25) is 0 Å². The molecule has 4 heteroatoms. The van der Waals surface area contributed by atoms with Gasteiger partial charge in [-0.25, -0.2) is 0 Å². The molecule has 1 aromatic carbocycles. The highest BCUT2D eigenvalue weighted by molar-refractivity contribution is 5.37. The highest BCUT2D eigenvalue weighted by Crippen LogP contribution is 2.23. The smallest absolute Gasteiger partial charge is 0.174 e. The third-order valence-electron chi connectivity index (χ3n) is 3.45. The van der Waals surface area contributed by atoms with Crippen LogP contribution in [-0.2, 0) is 6.61 Å². The third kappa shape index (κ3) is 4.33. The molecule has 0 radical (unpaired) electrons. The number of hydrogen-bond acceptors (Lipinski definition) is 4. The van der Waals surface area contributed by atoms with E-state index in [9.17, 15) is 0 Å². The Labute approximate surface area is 126 Å². The highest BCUT2D eigenvalue weighted by Gasteiger charge is 2.08. The normalized spacial score (nSPS) is 12.4. The molecule has 1 N–H and O–H groups in total. The van der Waals surface area contributed by atoms with Crippen LogP contribution in [0.25, 0.3) is 0 Å². The summed E-state index contributed by atoms with van der Waals surface area (Å²) >= 11 is 0. The average Bonchev–Trinajstić information content (AvgIpc) is 2.89. The summed E-state index contributed by atoms with van der Waals surface area (Å²) < 4.78 is 10.9. The Kier molecular flexibility index (Phi) is 5.39. The largest absolute Gasteiger partial charge is 0.485 e. The fourth-order valence-electron chi connectivity index (χ4n) is 2.22. The molecule has 0 bridgehead atoms. The van der Waals surface area contributed by atoms with Crippen molar-refractivity contribution in [3.05, 3.63) is 46.8 Å². The lowest BCUT2D eigenvalue weighted by atomic mass is 10.0. The van der Waals surface area contributed by atoms with Crippen LogP contribution in [0.15, 0.2) is 28.8 Å². The molecule has 2 rings (SSSR count). The Morgan fingerprint density at radius 2 is 2.10 bits per heavy atom. The summed E-state index contributed by atoms with van der Waals surface area (Å²) in [4.78, 5) is 0. The zero-order chi connectivity index (χ0) is 15.2. The molecule has 0 aliphatic rings. The molecule has 0 saturated heterocycles. The molecule has 0 aliphatic heterocycles. The van der Waals surface area contributed by atoms with E-state index in [1.807, 2.05) is 19.1 Å². The third-order valence-corrected chi connectivity index (χ3v) is 3.45. The fourth-order valence-corrected chi connectivity index (χ4v) is 2.22. The van der Waals surface area contributed by atoms with Gasteiger partial charge in [-0.3, -0.25) is 0 Å². The van der Waals surface area contributed by atoms with Crippen LogP contribution in [0, 0.1) is 13.8 Å². The highest BCUT2D eigenvalue weighted by atomic mass is 16.5. The number of ether oxygens (including phenoxy) is 1. The number of nitrogens with zero attached hydrogens (tertiary/aromatic N) is 1. The summed E-state index contributed by atoms with van der Waals surface area (Å²) in [6.07, 6.45) is 1.14. The molecule has 1 unspecified atom stereocenters. The molecule has 0 amide bonds. The van der Waals surface area contributed by atoms with Crippen LogP contribution in [0.3, 0.4) is 0 Å². The number of aryl methyl sites for hydroxylation is 2. The molecule has 1 atom stereocenters. The average molecular weight is 288 g/mol. The van der Waals surface area contributed by atoms with Gasteiger partial charge in [0.2, 0.25) is 0 Å². The molecule has 4 nitrogen and oxygen atoms in total. The number of hydrogen-bond donors (Lipinski definition) is 1. The van der Waals surface area contributed by atoms with Gasteiger partial charge < -0.3 is 14.6 Å². The minimum atomic E-state index is 0.356. The van der Waals surface area contributed by atoms with Gasteiger partial charge in [0, 0.05) is 12.1 Å². The monoisotopic (exact) mass is 288 g/mol. The van der Waals surface area contributed by atoms with Crippen molar-refractivity contribution in [2.75, 3.05) is 6.54 Å². The van der Waals surface area contributed by atoms with Crippen molar-refractivity contribution in [3.8, 4) is 5.75 Å². The lowest BCUT2D eigenvalue weighted by Crippen LogP contribution is -2.19. The van der Waals surface area contributed by atoms with Crippen molar-refractivity contribution >= 4 is 0 Å². The van der Waals surface area contributed by atoms with E-state index in [2.05, 4.69) is 43.4 Å². The van der Waals surface area contributed by atoms with E-state index >= 15 is 0 Å². The summed E-state index contributed by atoms with van der Waals surface area (Å²) in [6.45, 7) is 9.76. The van der Waals surface area contributed by atoms with Crippen LogP contribution >= 0.6 is 0 Å². The molecule has 0 aliphatic carbocycles. The Bertz CT molecular complexity index is 578. The molecule has 0 saturated carbocycles. The molecule has 0 spiro atoms. The summed E-state index contributed by atoms with van der Waals surface area (Å²) in [6, 6.07) is 8.56. The number of nitrogens with one attached hydrogen (secondary N) is 1. The van der Waals surface area contributed by atoms with E-state index in [1.165, 1.54) is 5.56 Å². The second-order valence-electron chi connectivity index (χ2n) is 5.42. The standard InChI is InChI=1S/C17H24N2O2/c1-5-8-18-14(4)15-6-7-17(12(2)9-15)20-11-16-10-13(3)19-21-16/h6-7,9-10,14,18H,5,8,11H2,1-4H3. The van der Waals surface area contributed by atoms with E-state index in [1.54, 1.807) is 0 Å². The lowest BCUT2D eigenvalue weighted by Gasteiger charge is -2.16. The predicted molar refractivity (Wildman–Crippen MR) is 83.5 cm³/mol. The van der Waals surface area contributed by atoms with E-state index in [-0.39, 0.29) is 0 Å². The van der Waals surface area contributed by atoms with Crippen molar-refractivity contribution in [3.63, 3.8) is 0 Å². The van der Waals surface area contributed by atoms with Gasteiger partial charge in [0.15, 0.2) is 5.76 Å². The quantitative estimate of drug-likeness (QED) is 0.838. The maximum absolute atomic E-state index is 5.80. The number of aromatic nitrogens is 1. The first-order valence-corrected chi connectivity index (χ1v) is 7.49. The molecule has 114 valence electrons. The second-order valence-corrected chi connectivity index (χ2v) is 5.42. The van der Waals surface area contributed by atoms with Crippen molar-refractivity contribution < 1.29 is 9.26 Å². The van der Waals surface area contributed by atoms with Crippen molar-refractivity contribution in [1.82, 2.24) is 10.5 Å². The summed E-state index contributed by atoms with van der Waals surface area (Å²) in [5, 5.41) is 7.35. The second kappa shape index (κ2) is 7.27. The van der Waals surface area contributed by atoms with Crippen LogP contribution in [0.5, 0.6) is 5.75 Å². The topological polar surface area (TPSA) is 47.3 Å². The van der Waals surface area contributed by atoms with Crippen molar-refractivity contribution in [1.29, 1.82) is 0 Å².